The summed E-state index contributed by atoms with van der Waals surface area (Å²) in [5, 5.41) is 2.93. The lowest BCUT2D eigenvalue weighted by atomic mass is 10.1. The van der Waals surface area contributed by atoms with Crippen LogP contribution in [0.4, 0.5) is 5.69 Å². The Morgan fingerprint density at radius 3 is 2.62 bits per heavy atom. The van der Waals surface area contributed by atoms with Crippen LogP contribution in [0, 0.1) is 0 Å². The highest BCUT2D eigenvalue weighted by Crippen LogP contribution is 2.16. The van der Waals surface area contributed by atoms with Gasteiger partial charge in [0.2, 0.25) is 5.91 Å². The number of hydrogen-bond acceptors (Lipinski definition) is 2. The van der Waals surface area contributed by atoms with Crippen LogP contribution in [-0.4, -0.2) is 5.91 Å². The molecule has 3 nitrogen and oxygen atoms in total. The molecule has 2 aromatic carbocycles. The lowest BCUT2D eigenvalue weighted by Crippen LogP contribution is -2.24. The number of carbonyl (C=O) groups excluding carboxylic acids is 1. The van der Waals surface area contributed by atoms with Crippen LogP contribution < -0.4 is 11.1 Å². The number of nitrogens with two attached hydrogens (primary N) is 1. The van der Waals surface area contributed by atoms with E-state index >= 15 is 0 Å². The SMILES string of the molecule is CC(NC(=O)/C=C/c1cccc(N)c1)c1ccc(Br)cc1. The molecule has 1 atom stereocenters. The van der Waals surface area contributed by atoms with E-state index in [-0.39, 0.29) is 11.9 Å². The van der Waals surface area contributed by atoms with Gasteiger partial charge in [-0.3, -0.25) is 4.79 Å². The fourth-order valence-corrected chi connectivity index (χ4v) is 2.20. The Morgan fingerprint density at radius 2 is 1.95 bits per heavy atom. The van der Waals surface area contributed by atoms with E-state index in [4.69, 9.17) is 5.73 Å². The molecule has 0 fully saturated rings. The van der Waals surface area contributed by atoms with Crippen molar-refractivity contribution in [2.24, 2.45) is 0 Å². The molecule has 0 aliphatic heterocycles. The summed E-state index contributed by atoms with van der Waals surface area (Å²) in [5.74, 6) is -0.132. The zero-order valence-corrected chi connectivity index (χ0v) is 13.3. The van der Waals surface area contributed by atoms with Crippen LogP contribution in [0.1, 0.15) is 24.1 Å². The fourth-order valence-electron chi connectivity index (χ4n) is 1.93. The molecule has 2 aromatic rings. The van der Waals surface area contributed by atoms with E-state index in [0.717, 1.165) is 15.6 Å². The first-order chi connectivity index (χ1) is 10.0. The molecule has 4 heteroatoms. The summed E-state index contributed by atoms with van der Waals surface area (Å²) < 4.78 is 1.02. The van der Waals surface area contributed by atoms with Gasteiger partial charge in [-0.2, -0.15) is 0 Å². The third kappa shape index (κ3) is 4.76. The topological polar surface area (TPSA) is 55.1 Å². The van der Waals surface area contributed by atoms with Crippen LogP contribution >= 0.6 is 15.9 Å². The van der Waals surface area contributed by atoms with Gasteiger partial charge in [0.05, 0.1) is 6.04 Å². The van der Waals surface area contributed by atoms with Crippen molar-refractivity contribution < 1.29 is 4.79 Å². The number of nitrogens with one attached hydrogen (secondary N) is 1. The molecule has 2 rings (SSSR count). The monoisotopic (exact) mass is 344 g/mol. The second-order valence-corrected chi connectivity index (χ2v) is 5.70. The van der Waals surface area contributed by atoms with E-state index in [1.807, 2.05) is 55.5 Å². The minimum Gasteiger partial charge on any atom is -0.399 e. The molecule has 0 saturated heterocycles. The van der Waals surface area contributed by atoms with Crippen LogP contribution in [0.3, 0.4) is 0 Å². The van der Waals surface area contributed by atoms with Gasteiger partial charge in [-0.1, -0.05) is 40.2 Å². The van der Waals surface area contributed by atoms with Crippen LogP contribution in [0.2, 0.25) is 0 Å². The number of nitrogen functional groups attached to an aromatic ring is 1. The molecule has 3 N–H and O–H groups in total. The smallest absolute Gasteiger partial charge is 0.244 e. The van der Waals surface area contributed by atoms with Gasteiger partial charge in [-0.05, 0) is 48.4 Å². The summed E-state index contributed by atoms with van der Waals surface area (Å²) in [5.41, 5.74) is 8.34. The van der Waals surface area contributed by atoms with Crippen molar-refractivity contribution in [1.29, 1.82) is 0 Å². The summed E-state index contributed by atoms with van der Waals surface area (Å²) in [6.07, 6.45) is 3.27. The molecule has 0 bridgehead atoms. The standard InChI is InChI=1S/C17H17BrN2O/c1-12(14-6-8-15(18)9-7-14)20-17(21)10-5-13-3-2-4-16(19)11-13/h2-12H,19H2,1H3,(H,20,21)/b10-5+. The molecule has 0 spiro atoms. The fraction of sp³-hybridized carbons (Fsp3) is 0.118. The molecule has 0 aliphatic carbocycles. The lowest BCUT2D eigenvalue weighted by molar-refractivity contribution is -0.117. The number of carbonyl (C=O) groups is 1. The van der Waals surface area contributed by atoms with E-state index in [2.05, 4.69) is 21.2 Å². The van der Waals surface area contributed by atoms with Crippen molar-refractivity contribution in [2.45, 2.75) is 13.0 Å². The average molecular weight is 345 g/mol. The van der Waals surface area contributed by atoms with Gasteiger partial charge < -0.3 is 11.1 Å². The van der Waals surface area contributed by atoms with Crippen LogP contribution in [0.5, 0.6) is 0 Å². The first kappa shape index (κ1) is 15.3. The summed E-state index contributed by atoms with van der Waals surface area (Å²) >= 11 is 3.39. The Labute approximate surface area is 133 Å². The van der Waals surface area contributed by atoms with Gasteiger partial charge in [0.1, 0.15) is 0 Å². The van der Waals surface area contributed by atoms with Crippen molar-refractivity contribution in [2.75, 3.05) is 5.73 Å². The Kier molecular flexibility index (Phi) is 5.17. The summed E-state index contributed by atoms with van der Waals surface area (Å²) in [7, 11) is 0. The van der Waals surface area contributed by atoms with Crippen molar-refractivity contribution in [3.63, 3.8) is 0 Å². The summed E-state index contributed by atoms with van der Waals surface area (Å²) in [4.78, 5) is 11.9. The quantitative estimate of drug-likeness (QED) is 0.652. The highest BCUT2D eigenvalue weighted by Gasteiger charge is 2.06. The van der Waals surface area contributed by atoms with E-state index < -0.39 is 0 Å². The van der Waals surface area contributed by atoms with Crippen molar-refractivity contribution in [1.82, 2.24) is 5.32 Å². The number of anilines is 1. The molecule has 1 amide bonds. The van der Waals surface area contributed by atoms with E-state index in [9.17, 15) is 4.79 Å². The van der Waals surface area contributed by atoms with Gasteiger partial charge in [0, 0.05) is 16.2 Å². The molecule has 0 radical (unpaired) electrons. The number of rotatable bonds is 4. The number of amides is 1. The maximum atomic E-state index is 11.9. The number of halogens is 1. The molecule has 0 saturated carbocycles. The van der Waals surface area contributed by atoms with Gasteiger partial charge in [0.15, 0.2) is 0 Å². The maximum Gasteiger partial charge on any atom is 0.244 e. The zero-order chi connectivity index (χ0) is 15.2. The Bertz CT molecular complexity index is 650. The Morgan fingerprint density at radius 1 is 1.24 bits per heavy atom. The van der Waals surface area contributed by atoms with Gasteiger partial charge in [0.25, 0.3) is 0 Å². The molecule has 108 valence electrons. The van der Waals surface area contributed by atoms with Gasteiger partial charge >= 0.3 is 0 Å². The van der Waals surface area contributed by atoms with E-state index in [1.54, 1.807) is 6.08 Å². The summed E-state index contributed by atoms with van der Waals surface area (Å²) in [6, 6.07) is 15.2. The first-order valence-electron chi connectivity index (χ1n) is 6.64. The van der Waals surface area contributed by atoms with E-state index in [1.165, 1.54) is 6.08 Å². The normalized spacial score (nSPS) is 12.3. The van der Waals surface area contributed by atoms with Crippen molar-refractivity contribution in [3.05, 3.63) is 70.2 Å². The number of hydrogen-bond donors (Lipinski definition) is 2. The third-order valence-corrected chi connectivity index (χ3v) is 3.60. The van der Waals surface area contributed by atoms with Crippen LogP contribution in [0.25, 0.3) is 6.08 Å². The molecule has 1 unspecified atom stereocenters. The molecule has 0 aliphatic rings. The maximum absolute atomic E-state index is 11.9. The third-order valence-electron chi connectivity index (χ3n) is 3.07. The molecular weight excluding hydrogens is 328 g/mol. The highest BCUT2D eigenvalue weighted by molar-refractivity contribution is 9.10. The van der Waals surface area contributed by atoms with Gasteiger partial charge in [-0.25, -0.2) is 0 Å². The minimum absolute atomic E-state index is 0.0453. The molecule has 0 aromatic heterocycles. The average Bonchev–Trinajstić information content (AvgIpc) is 2.46. The highest BCUT2D eigenvalue weighted by atomic mass is 79.9. The second kappa shape index (κ2) is 7.09. The summed E-state index contributed by atoms with van der Waals surface area (Å²) in [6.45, 7) is 1.95. The molecule has 0 heterocycles. The van der Waals surface area contributed by atoms with Crippen LogP contribution in [0.15, 0.2) is 59.1 Å². The van der Waals surface area contributed by atoms with E-state index in [0.29, 0.717) is 5.69 Å². The Balaban J connectivity index is 1.96. The van der Waals surface area contributed by atoms with Crippen LogP contribution in [-0.2, 0) is 4.79 Å². The van der Waals surface area contributed by atoms with Gasteiger partial charge in [-0.15, -0.1) is 0 Å². The predicted molar refractivity (Wildman–Crippen MR) is 90.6 cm³/mol. The first-order valence-corrected chi connectivity index (χ1v) is 7.43. The van der Waals surface area contributed by atoms with Crippen molar-refractivity contribution in [3.8, 4) is 0 Å². The Hall–Kier alpha value is -2.07. The lowest BCUT2D eigenvalue weighted by Gasteiger charge is -2.12. The second-order valence-electron chi connectivity index (χ2n) is 4.79. The van der Waals surface area contributed by atoms with Crippen molar-refractivity contribution >= 4 is 33.6 Å². The zero-order valence-electron chi connectivity index (χ0n) is 11.7. The minimum atomic E-state index is -0.132. The largest absolute Gasteiger partial charge is 0.399 e. The predicted octanol–water partition coefficient (Wildman–Crippen LogP) is 3.92. The molecule has 21 heavy (non-hydrogen) atoms. The molecular formula is C17H17BrN2O. The number of benzene rings is 2.